The maximum atomic E-state index is 9.05. The van der Waals surface area contributed by atoms with Crippen molar-refractivity contribution in [2.24, 2.45) is 0 Å². The average molecular weight is 70.8 g/mol. The molecule has 0 aliphatic carbocycles. The Labute approximate surface area is 30.5 Å². The van der Waals surface area contributed by atoms with Gasteiger partial charge in [-0.05, 0) is 0 Å². The van der Waals surface area contributed by atoms with E-state index >= 15 is 0 Å². The fourth-order valence-electron chi connectivity index (χ4n) is 0. The zero-order valence-corrected chi connectivity index (χ0v) is 2.55. The second-order valence-electron chi connectivity index (χ2n) is 0.515. The van der Waals surface area contributed by atoms with Gasteiger partial charge in [-0.15, -0.1) is 0 Å². The molecule has 4 heteroatoms. The lowest BCUT2D eigenvalue weighted by molar-refractivity contribution is -0.459. The van der Waals surface area contributed by atoms with Crippen molar-refractivity contribution < 1.29 is 4.92 Å². The highest BCUT2D eigenvalue weighted by Gasteiger charge is 1.77. The summed E-state index contributed by atoms with van der Waals surface area (Å²) in [5, 5.41) is 9.05. The number of hydrogen-bond acceptors (Lipinski definition) is 2. The highest BCUT2D eigenvalue weighted by Crippen LogP contribution is 1.52. The Bertz CT molecular complexity index is 44.9. The molecule has 0 N–H and O–H groups in total. The van der Waals surface area contributed by atoms with Crippen molar-refractivity contribution in [3.8, 4) is 0 Å². The Kier molecular flexibility index (Phi) is 1.57. The molecule has 0 aliphatic heterocycles. The van der Waals surface area contributed by atoms with Crippen LogP contribution in [0.4, 0.5) is 0 Å². The molecule has 0 bridgehead atoms. The Morgan fingerprint density at radius 3 is 2.20 bits per heavy atom. The summed E-state index contributed by atoms with van der Waals surface area (Å²) in [5.74, 6) is 0. The normalized spacial score (nSPS) is 7.20. The second-order valence-corrected chi connectivity index (χ2v) is 0.515. The highest BCUT2D eigenvalue weighted by atomic mass is 16.6. The van der Waals surface area contributed by atoms with E-state index in [2.05, 4.69) is 7.85 Å². The molecule has 0 spiro atoms. The van der Waals surface area contributed by atoms with E-state index < -0.39 is 11.4 Å². The second kappa shape index (κ2) is 1.75. The van der Waals surface area contributed by atoms with E-state index in [-0.39, 0.29) is 0 Å². The van der Waals surface area contributed by atoms with Gasteiger partial charge in [-0.25, -0.2) is 0 Å². The molecule has 0 aromatic rings. The summed E-state index contributed by atoms with van der Waals surface area (Å²) in [5.41, 5.74) is 0. The van der Waals surface area contributed by atoms with E-state index in [1.54, 1.807) is 0 Å². The van der Waals surface area contributed by atoms with E-state index in [9.17, 15) is 0 Å². The van der Waals surface area contributed by atoms with E-state index in [0.29, 0.717) is 0 Å². The molecule has 0 heterocycles. The molecule has 3 nitrogen and oxygen atoms in total. The molecule has 0 saturated carbocycles. The Morgan fingerprint density at radius 1 is 2.00 bits per heavy atom. The summed E-state index contributed by atoms with van der Waals surface area (Å²) in [6.45, 7) is 0. The smallest absolute Gasteiger partial charge is 0.172 e. The van der Waals surface area contributed by atoms with E-state index in [0.717, 1.165) is 0 Å². The summed E-state index contributed by atoms with van der Waals surface area (Å²) in [7, 11) is 4.47. The first-order valence-corrected chi connectivity index (χ1v) is 1.09. The first kappa shape index (κ1) is 4.46. The van der Waals surface area contributed by atoms with Gasteiger partial charge >= 0.3 is 0 Å². The van der Waals surface area contributed by atoms with Crippen molar-refractivity contribution in [2.75, 3.05) is 6.44 Å². The molecule has 0 aromatic carbocycles. The minimum atomic E-state index is -0.597. The predicted molar refractivity (Wildman–Crippen MR) is 17.6 cm³/mol. The average Bonchev–Trinajstić information content (AvgIpc) is 1.38. The van der Waals surface area contributed by atoms with Crippen LogP contribution in [-0.4, -0.2) is 19.2 Å². The van der Waals surface area contributed by atoms with Gasteiger partial charge in [0.1, 0.15) is 0 Å². The van der Waals surface area contributed by atoms with Crippen LogP contribution in [0.25, 0.3) is 0 Å². The number of hydrogen-bond donors (Lipinski definition) is 0. The standard InChI is InChI=1S/CH2BNO2/c2-1-3(4)5/h1H2. The summed E-state index contributed by atoms with van der Waals surface area (Å²) >= 11 is 0. The molecule has 0 unspecified atom stereocenters. The van der Waals surface area contributed by atoms with Gasteiger partial charge in [-0.3, -0.25) is 10.1 Å². The third-order valence-corrected chi connectivity index (χ3v) is 0.149. The van der Waals surface area contributed by atoms with Crippen molar-refractivity contribution in [2.45, 2.75) is 0 Å². The number of nitrogens with zero attached hydrogens (tertiary/aromatic N) is 1. The lowest BCUT2D eigenvalue weighted by atomic mass is 10.2. The van der Waals surface area contributed by atoms with Crippen LogP contribution >= 0.6 is 0 Å². The molecule has 26 valence electrons. The summed E-state index contributed by atoms with van der Waals surface area (Å²) in [4.78, 5) is 8.45. The maximum Gasteiger partial charge on any atom is 0.172 e. The fraction of sp³-hybridized carbons (Fsp3) is 1.00. The first-order chi connectivity index (χ1) is 2.27. The predicted octanol–water partition coefficient (Wildman–Crippen LogP) is -0.611. The Hall–Kier alpha value is -0.535. The van der Waals surface area contributed by atoms with Gasteiger partial charge in [0.05, 0.1) is 0 Å². The SMILES string of the molecule is [B]C[N+](=O)[O-]. The van der Waals surface area contributed by atoms with Crippen molar-refractivity contribution in [3.63, 3.8) is 0 Å². The van der Waals surface area contributed by atoms with Crippen LogP contribution in [-0.2, 0) is 0 Å². The monoisotopic (exact) mass is 71.0 g/mol. The van der Waals surface area contributed by atoms with Gasteiger partial charge in [-0.1, -0.05) is 0 Å². The van der Waals surface area contributed by atoms with E-state index in [4.69, 9.17) is 10.1 Å². The molecule has 0 saturated heterocycles. The fourth-order valence-corrected chi connectivity index (χ4v) is 0. The summed E-state index contributed by atoms with van der Waals surface area (Å²) in [6, 6.07) is 0. The topological polar surface area (TPSA) is 43.1 Å². The van der Waals surface area contributed by atoms with Crippen LogP contribution in [0, 0.1) is 10.1 Å². The molecule has 0 aliphatic rings. The zero-order chi connectivity index (χ0) is 4.28. The molecule has 5 heavy (non-hydrogen) atoms. The van der Waals surface area contributed by atoms with Gasteiger partial charge in [0, 0.05) is 4.92 Å². The molecule has 0 rings (SSSR count). The van der Waals surface area contributed by atoms with Crippen LogP contribution in [0.2, 0.25) is 0 Å². The molecule has 0 fully saturated rings. The quantitative estimate of drug-likeness (QED) is 0.235. The minimum Gasteiger partial charge on any atom is -0.265 e. The third kappa shape index (κ3) is 3.46. The van der Waals surface area contributed by atoms with Crippen LogP contribution in [0.3, 0.4) is 0 Å². The van der Waals surface area contributed by atoms with Crippen LogP contribution in [0.5, 0.6) is 0 Å². The lowest BCUT2D eigenvalue weighted by Gasteiger charge is -1.74. The van der Waals surface area contributed by atoms with E-state index in [1.165, 1.54) is 0 Å². The van der Waals surface area contributed by atoms with Gasteiger partial charge in [0.15, 0.2) is 14.3 Å². The molecule has 2 radical (unpaired) electrons. The molecular weight excluding hydrogens is 68.8 g/mol. The van der Waals surface area contributed by atoms with E-state index in [1.807, 2.05) is 0 Å². The molecule has 0 atom stereocenters. The summed E-state index contributed by atoms with van der Waals surface area (Å²) < 4.78 is 0. The number of rotatable bonds is 1. The van der Waals surface area contributed by atoms with Crippen molar-refractivity contribution >= 4 is 7.85 Å². The van der Waals surface area contributed by atoms with Crippen molar-refractivity contribution in [1.82, 2.24) is 0 Å². The number of nitro groups is 1. The van der Waals surface area contributed by atoms with Gasteiger partial charge in [0.25, 0.3) is 0 Å². The molecule has 0 amide bonds. The lowest BCUT2D eigenvalue weighted by Crippen LogP contribution is -1.97. The van der Waals surface area contributed by atoms with Gasteiger partial charge in [-0.2, -0.15) is 0 Å². The third-order valence-electron chi connectivity index (χ3n) is 0.149. The largest absolute Gasteiger partial charge is 0.265 e. The van der Waals surface area contributed by atoms with Crippen molar-refractivity contribution in [1.29, 1.82) is 0 Å². The van der Waals surface area contributed by atoms with Gasteiger partial charge in [0.2, 0.25) is 0 Å². The van der Waals surface area contributed by atoms with Crippen LogP contribution < -0.4 is 0 Å². The van der Waals surface area contributed by atoms with Crippen LogP contribution in [0.1, 0.15) is 0 Å². The Morgan fingerprint density at radius 2 is 2.20 bits per heavy atom. The zero-order valence-electron chi connectivity index (χ0n) is 2.55. The first-order valence-electron chi connectivity index (χ1n) is 1.09. The minimum absolute atomic E-state index is 0.472. The highest BCUT2D eigenvalue weighted by molar-refractivity contribution is 6.07. The van der Waals surface area contributed by atoms with Crippen molar-refractivity contribution in [3.05, 3.63) is 10.1 Å². The van der Waals surface area contributed by atoms with Crippen LogP contribution in [0.15, 0.2) is 0 Å². The molecular formula is CH2BNO2. The maximum absolute atomic E-state index is 9.05. The van der Waals surface area contributed by atoms with Gasteiger partial charge < -0.3 is 0 Å². The molecule has 0 aromatic heterocycles. The summed E-state index contributed by atoms with van der Waals surface area (Å²) in [6.07, 6.45) is -0.472. The Balaban J connectivity index is 2.85.